The Bertz CT molecular complexity index is 3790. The molecular formula is C67H46N2. The van der Waals surface area contributed by atoms with Crippen LogP contribution in [0.2, 0.25) is 0 Å². The number of benzene rings is 12. The molecule has 1 aliphatic rings. The fourth-order valence-corrected chi connectivity index (χ4v) is 11.2. The molecule has 0 atom stereocenters. The van der Waals surface area contributed by atoms with Crippen LogP contribution in [0.25, 0.3) is 54.6 Å². The van der Waals surface area contributed by atoms with Gasteiger partial charge in [-0.1, -0.05) is 200 Å². The second-order valence-corrected chi connectivity index (χ2v) is 18.1. The third kappa shape index (κ3) is 6.72. The lowest BCUT2D eigenvalue weighted by Crippen LogP contribution is -2.29. The van der Waals surface area contributed by atoms with Crippen LogP contribution < -0.4 is 9.80 Å². The first-order valence-electron chi connectivity index (χ1n) is 23.8. The summed E-state index contributed by atoms with van der Waals surface area (Å²) in [6, 6.07) is 103. The van der Waals surface area contributed by atoms with E-state index < -0.39 is 5.41 Å². The molecule has 0 amide bonds. The number of hydrogen-bond donors (Lipinski definition) is 0. The Labute approximate surface area is 403 Å². The minimum Gasteiger partial charge on any atom is -0.310 e. The SMILES string of the molecule is c1ccc(N(c2ccc(-c3cc4c(c5ccccc35)-c3ccc(N(c5ccccc5)c5ccc6ccccc6c5)cc3C4(c3ccccc3)c3ccccc3)cc2)c2ccc3ccccc3c2)cc1. The van der Waals surface area contributed by atoms with Crippen molar-refractivity contribution in [2.45, 2.75) is 5.41 Å². The molecule has 324 valence electrons. The summed E-state index contributed by atoms with van der Waals surface area (Å²) in [6.45, 7) is 0. The Morgan fingerprint density at radius 1 is 0.246 bits per heavy atom. The maximum absolute atomic E-state index is 2.52. The fraction of sp³-hybridized carbons (Fsp3) is 0.0149. The zero-order chi connectivity index (χ0) is 45.7. The highest BCUT2D eigenvalue weighted by Crippen LogP contribution is 2.60. The topological polar surface area (TPSA) is 6.48 Å². The van der Waals surface area contributed by atoms with Gasteiger partial charge in [0, 0.05) is 34.1 Å². The molecule has 0 saturated heterocycles. The zero-order valence-electron chi connectivity index (χ0n) is 38.0. The number of rotatable bonds is 9. The minimum absolute atomic E-state index is 0.645. The van der Waals surface area contributed by atoms with E-state index in [0.717, 1.165) is 34.1 Å². The van der Waals surface area contributed by atoms with Crippen LogP contribution in [-0.4, -0.2) is 0 Å². The summed E-state index contributed by atoms with van der Waals surface area (Å²) in [7, 11) is 0. The van der Waals surface area contributed by atoms with E-state index in [-0.39, 0.29) is 0 Å². The molecule has 0 radical (unpaired) electrons. The first-order chi connectivity index (χ1) is 34.2. The van der Waals surface area contributed by atoms with E-state index in [4.69, 9.17) is 0 Å². The second kappa shape index (κ2) is 16.7. The third-order valence-corrected chi connectivity index (χ3v) is 14.2. The largest absolute Gasteiger partial charge is 0.310 e. The highest BCUT2D eigenvalue weighted by molar-refractivity contribution is 6.10. The third-order valence-electron chi connectivity index (χ3n) is 14.2. The van der Waals surface area contributed by atoms with Crippen molar-refractivity contribution in [2.24, 2.45) is 0 Å². The van der Waals surface area contributed by atoms with Crippen molar-refractivity contribution < 1.29 is 0 Å². The Kier molecular flexibility index (Phi) is 9.77. The van der Waals surface area contributed by atoms with Crippen molar-refractivity contribution in [3.05, 3.63) is 301 Å². The van der Waals surface area contributed by atoms with E-state index in [0.29, 0.717) is 0 Å². The van der Waals surface area contributed by atoms with E-state index in [1.165, 1.54) is 76.8 Å². The molecule has 0 bridgehead atoms. The predicted molar refractivity (Wildman–Crippen MR) is 291 cm³/mol. The van der Waals surface area contributed by atoms with Gasteiger partial charge in [0.05, 0.1) is 5.41 Å². The van der Waals surface area contributed by atoms with Gasteiger partial charge in [0.25, 0.3) is 0 Å². The Morgan fingerprint density at radius 3 is 1.20 bits per heavy atom. The smallest absolute Gasteiger partial charge is 0.0714 e. The van der Waals surface area contributed by atoms with Crippen LogP contribution in [0.1, 0.15) is 22.3 Å². The minimum atomic E-state index is -0.645. The van der Waals surface area contributed by atoms with Gasteiger partial charge in [-0.15, -0.1) is 0 Å². The molecule has 0 N–H and O–H groups in total. The number of nitrogens with zero attached hydrogens (tertiary/aromatic N) is 2. The van der Waals surface area contributed by atoms with Gasteiger partial charge in [0.1, 0.15) is 0 Å². The van der Waals surface area contributed by atoms with Gasteiger partial charge in [-0.25, -0.2) is 0 Å². The van der Waals surface area contributed by atoms with Gasteiger partial charge in [-0.05, 0) is 156 Å². The standard InChI is InChI=1S/C67H46N2/c1-5-23-52(24-6-1)67(53-25-7-2-8-26-53)64-45-59(69(55-29-11-4-12-30-55)58-40-34-48-20-14-16-22-51(48)44-58)41-42-62(64)66-61-32-18-17-31-60(61)63(46-65(66)67)49-35-37-56(38-36-49)68(54-27-9-3-10-28-54)57-39-33-47-19-13-15-21-50(47)43-57/h1-46H. The van der Waals surface area contributed by atoms with Crippen molar-refractivity contribution in [3.8, 4) is 22.3 Å². The van der Waals surface area contributed by atoms with Crippen molar-refractivity contribution in [1.82, 2.24) is 0 Å². The summed E-state index contributed by atoms with van der Waals surface area (Å²) >= 11 is 0. The maximum atomic E-state index is 2.52. The number of anilines is 6. The van der Waals surface area contributed by atoms with Crippen molar-refractivity contribution >= 4 is 66.4 Å². The quantitative estimate of drug-likeness (QED) is 0.143. The summed E-state index contributed by atoms with van der Waals surface area (Å²) in [5, 5.41) is 7.35. The second-order valence-electron chi connectivity index (χ2n) is 18.1. The molecule has 12 aromatic carbocycles. The van der Waals surface area contributed by atoms with Crippen LogP contribution in [0.15, 0.2) is 279 Å². The normalized spacial score (nSPS) is 12.5. The van der Waals surface area contributed by atoms with Crippen LogP contribution in [0.4, 0.5) is 34.1 Å². The van der Waals surface area contributed by atoms with Gasteiger partial charge in [0.2, 0.25) is 0 Å². The highest BCUT2D eigenvalue weighted by Gasteiger charge is 2.47. The fourth-order valence-electron chi connectivity index (χ4n) is 11.2. The maximum Gasteiger partial charge on any atom is 0.0714 e. The molecule has 0 heterocycles. The van der Waals surface area contributed by atoms with E-state index >= 15 is 0 Å². The molecule has 12 aromatic rings. The molecule has 13 rings (SSSR count). The number of fused-ring (bicyclic) bond motifs is 7. The lowest BCUT2D eigenvalue weighted by Gasteiger charge is -2.35. The lowest BCUT2D eigenvalue weighted by molar-refractivity contribution is 0.769. The van der Waals surface area contributed by atoms with Crippen molar-refractivity contribution in [1.29, 1.82) is 0 Å². The summed E-state index contributed by atoms with van der Waals surface area (Å²) < 4.78 is 0. The Morgan fingerprint density at radius 2 is 0.652 bits per heavy atom. The number of hydrogen-bond acceptors (Lipinski definition) is 2. The Hall–Kier alpha value is -8.98. The summed E-state index contributed by atoms with van der Waals surface area (Å²) in [4.78, 5) is 4.77. The first-order valence-corrected chi connectivity index (χ1v) is 23.8. The molecular weight excluding hydrogens is 833 g/mol. The Balaban J connectivity index is 1.03. The molecule has 1 aliphatic carbocycles. The van der Waals surface area contributed by atoms with Crippen LogP contribution in [0.5, 0.6) is 0 Å². The molecule has 0 aromatic heterocycles. The van der Waals surface area contributed by atoms with Crippen molar-refractivity contribution in [3.63, 3.8) is 0 Å². The molecule has 0 saturated carbocycles. The molecule has 2 heteroatoms. The summed E-state index contributed by atoms with van der Waals surface area (Å²) in [6.07, 6.45) is 0. The lowest BCUT2D eigenvalue weighted by atomic mass is 9.67. The number of para-hydroxylation sites is 2. The zero-order valence-corrected chi connectivity index (χ0v) is 38.0. The van der Waals surface area contributed by atoms with E-state index in [2.05, 4.69) is 289 Å². The van der Waals surface area contributed by atoms with Gasteiger partial charge < -0.3 is 9.80 Å². The molecule has 2 nitrogen and oxygen atoms in total. The summed E-state index contributed by atoms with van der Waals surface area (Å²) in [5.41, 5.74) is 15.9. The van der Waals surface area contributed by atoms with E-state index in [9.17, 15) is 0 Å². The summed E-state index contributed by atoms with van der Waals surface area (Å²) in [5.74, 6) is 0. The predicted octanol–water partition coefficient (Wildman–Crippen LogP) is 18.1. The van der Waals surface area contributed by atoms with Crippen LogP contribution in [0, 0.1) is 0 Å². The molecule has 0 spiro atoms. The van der Waals surface area contributed by atoms with Gasteiger partial charge in [-0.2, -0.15) is 0 Å². The highest BCUT2D eigenvalue weighted by atomic mass is 15.1. The van der Waals surface area contributed by atoms with Gasteiger partial charge in [-0.3, -0.25) is 0 Å². The molecule has 0 fully saturated rings. The van der Waals surface area contributed by atoms with E-state index in [1.54, 1.807) is 0 Å². The van der Waals surface area contributed by atoms with Gasteiger partial charge >= 0.3 is 0 Å². The van der Waals surface area contributed by atoms with Gasteiger partial charge in [0.15, 0.2) is 0 Å². The monoisotopic (exact) mass is 878 g/mol. The average Bonchev–Trinajstić information content (AvgIpc) is 3.72. The molecule has 0 unspecified atom stereocenters. The van der Waals surface area contributed by atoms with Crippen LogP contribution in [0.3, 0.4) is 0 Å². The van der Waals surface area contributed by atoms with E-state index in [1.807, 2.05) is 0 Å². The van der Waals surface area contributed by atoms with Crippen molar-refractivity contribution in [2.75, 3.05) is 9.80 Å². The van der Waals surface area contributed by atoms with Crippen LogP contribution >= 0.6 is 0 Å². The average molecular weight is 879 g/mol. The molecule has 69 heavy (non-hydrogen) atoms. The molecule has 0 aliphatic heterocycles. The first kappa shape index (κ1) is 40.3. The van der Waals surface area contributed by atoms with Crippen LogP contribution in [-0.2, 0) is 5.41 Å².